The second-order valence-electron chi connectivity index (χ2n) is 4.04. The lowest BCUT2D eigenvalue weighted by Crippen LogP contribution is -1.99. The second-order valence-corrected chi connectivity index (χ2v) is 4.04. The molecule has 90 valence electrons. The van der Waals surface area contributed by atoms with Crippen LogP contribution in [-0.4, -0.2) is 17.3 Å². The normalized spacial score (nSPS) is 10.6. The number of H-pyrrole nitrogens is 1. The van der Waals surface area contributed by atoms with E-state index in [-0.39, 0.29) is 0 Å². The van der Waals surface area contributed by atoms with Gasteiger partial charge < -0.3 is 10.5 Å². The van der Waals surface area contributed by atoms with Crippen LogP contribution in [0.15, 0.2) is 18.3 Å². The summed E-state index contributed by atoms with van der Waals surface area (Å²) in [6.07, 6.45) is 1.77. The van der Waals surface area contributed by atoms with E-state index in [1.54, 1.807) is 13.3 Å². The van der Waals surface area contributed by atoms with Gasteiger partial charge in [0.25, 0.3) is 0 Å². The molecule has 2 rings (SSSR count). The standard InChI is InChI=1S/C13H17N3O/c1-8-9(2)12(17-3)5-4-11(8)13-10(6-14)7-15-16-13/h4-5,7H,6,14H2,1-3H3,(H,15,16). The second kappa shape index (κ2) is 4.59. The van der Waals surface area contributed by atoms with Crippen LogP contribution in [-0.2, 0) is 6.54 Å². The molecule has 0 radical (unpaired) electrons. The maximum absolute atomic E-state index is 5.69. The van der Waals surface area contributed by atoms with Crippen molar-refractivity contribution >= 4 is 0 Å². The molecule has 0 saturated heterocycles. The number of benzene rings is 1. The van der Waals surface area contributed by atoms with Crippen molar-refractivity contribution in [2.45, 2.75) is 20.4 Å². The molecule has 0 amide bonds. The average Bonchev–Trinajstić information content (AvgIpc) is 2.80. The van der Waals surface area contributed by atoms with Gasteiger partial charge in [-0.25, -0.2) is 0 Å². The molecular weight excluding hydrogens is 214 g/mol. The van der Waals surface area contributed by atoms with Crippen molar-refractivity contribution in [3.8, 4) is 17.0 Å². The Labute approximate surface area is 101 Å². The summed E-state index contributed by atoms with van der Waals surface area (Å²) in [6, 6.07) is 4.01. The number of ether oxygens (including phenoxy) is 1. The summed E-state index contributed by atoms with van der Waals surface area (Å²) in [4.78, 5) is 0. The fourth-order valence-corrected chi connectivity index (χ4v) is 1.99. The molecular formula is C13H17N3O. The molecule has 0 bridgehead atoms. The third-order valence-electron chi connectivity index (χ3n) is 3.16. The number of aromatic nitrogens is 2. The van der Waals surface area contributed by atoms with E-state index in [0.717, 1.165) is 28.1 Å². The summed E-state index contributed by atoms with van der Waals surface area (Å²) < 4.78 is 5.30. The van der Waals surface area contributed by atoms with E-state index < -0.39 is 0 Å². The van der Waals surface area contributed by atoms with Gasteiger partial charge in [0.05, 0.1) is 19.0 Å². The van der Waals surface area contributed by atoms with Crippen molar-refractivity contribution in [2.75, 3.05) is 7.11 Å². The molecule has 0 unspecified atom stereocenters. The Morgan fingerprint density at radius 3 is 2.71 bits per heavy atom. The summed E-state index contributed by atoms with van der Waals surface area (Å²) in [5.41, 5.74) is 11.2. The summed E-state index contributed by atoms with van der Waals surface area (Å²) in [5.74, 6) is 0.903. The van der Waals surface area contributed by atoms with Gasteiger partial charge in [-0.2, -0.15) is 5.10 Å². The molecule has 3 N–H and O–H groups in total. The first-order chi connectivity index (χ1) is 8.19. The van der Waals surface area contributed by atoms with E-state index in [1.807, 2.05) is 12.1 Å². The lowest BCUT2D eigenvalue weighted by molar-refractivity contribution is 0.411. The zero-order valence-electron chi connectivity index (χ0n) is 10.4. The van der Waals surface area contributed by atoms with Crippen LogP contribution in [0.5, 0.6) is 5.75 Å². The maximum Gasteiger partial charge on any atom is 0.122 e. The van der Waals surface area contributed by atoms with Gasteiger partial charge in [-0.1, -0.05) is 0 Å². The average molecular weight is 231 g/mol. The lowest BCUT2D eigenvalue weighted by atomic mass is 9.98. The fraction of sp³-hybridized carbons (Fsp3) is 0.308. The van der Waals surface area contributed by atoms with Gasteiger partial charge in [-0.15, -0.1) is 0 Å². The minimum atomic E-state index is 0.482. The molecule has 0 fully saturated rings. The van der Waals surface area contributed by atoms with Crippen LogP contribution in [0.4, 0.5) is 0 Å². The Morgan fingerprint density at radius 2 is 2.06 bits per heavy atom. The molecule has 0 aliphatic heterocycles. The fourth-order valence-electron chi connectivity index (χ4n) is 1.99. The molecule has 4 heteroatoms. The van der Waals surface area contributed by atoms with E-state index >= 15 is 0 Å². The largest absolute Gasteiger partial charge is 0.496 e. The SMILES string of the molecule is COc1ccc(-c2[nH]ncc2CN)c(C)c1C. The summed E-state index contributed by atoms with van der Waals surface area (Å²) in [6.45, 7) is 4.61. The van der Waals surface area contributed by atoms with Crippen LogP contribution >= 0.6 is 0 Å². The molecule has 0 spiro atoms. The van der Waals surface area contributed by atoms with Crippen molar-refractivity contribution in [3.63, 3.8) is 0 Å². The molecule has 4 nitrogen and oxygen atoms in total. The Bertz CT molecular complexity index is 531. The highest BCUT2D eigenvalue weighted by atomic mass is 16.5. The topological polar surface area (TPSA) is 63.9 Å². The first kappa shape index (κ1) is 11.7. The van der Waals surface area contributed by atoms with Crippen molar-refractivity contribution in [1.82, 2.24) is 10.2 Å². The third-order valence-corrected chi connectivity index (χ3v) is 3.16. The van der Waals surface area contributed by atoms with Crippen LogP contribution in [0, 0.1) is 13.8 Å². The molecule has 17 heavy (non-hydrogen) atoms. The van der Waals surface area contributed by atoms with Crippen LogP contribution in [0.1, 0.15) is 16.7 Å². The van der Waals surface area contributed by atoms with E-state index in [1.165, 1.54) is 5.56 Å². The maximum atomic E-state index is 5.69. The van der Waals surface area contributed by atoms with Crippen molar-refractivity contribution in [3.05, 3.63) is 35.0 Å². The first-order valence-corrected chi connectivity index (χ1v) is 5.56. The van der Waals surface area contributed by atoms with Gasteiger partial charge in [0.2, 0.25) is 0 Å². The number of hydrogen-bond donors (Lipinski definition) is 2. The van der Waals surface area contributed by atoms with Crippen molar-refractivity contribution in [1.29, 1.82) is 0 Å². The molecule has 0 saturated carbocycles. The molecule has 1 heterocycles. The van der Waals surface area contributed by atoms with Gasteiger partial charge in [0.1, 0.15) is 5.75 Å². The van der Waals surface area contributed by atoms with Gasteiger partial charge in [0, 0.05) is 17.7 Å². The smallest absolute Gasteiger partial charge is 0.122 e. The van der Waals surface area contributed by atoms with Gasteiger partial charge in [-0.3, -0.25) is 5.10 Å². The molecule has 1 aromatic carbocycles. The summed E-state index contributed by atoms with van der Waals surface area (Å²) in [5, 5.41) is 7.05. The Balaban J connectivity index is 2.57. The number of rotatable bonds is 3. The number of nitrogens with zero attached hydrogens (tertiary/aromatic N) is 1. The van der Waals surface area contributed by atoms with Crippen molar-refractivity contribution in [2.24, 2.45) is 5.73 Å². The third kappa shape index (κ3) is 1.91. The summed E-state index contributed by atoms with van der Waals surface area (Å²) >= 11 is 0. The minimum Gasteiger partial charge on any atom is -0.496 e. The van der Waals surface area contributed by atoms with E-state index in [2.05, 4.69) is 24.0 Å². The lowest BCUT2D eigenvalue weighted by Gasteiger charge is -2.12. The first-order valence-electron chi connectivity index (χ1n) is 5.56. The summed E-state index contributed by atoms with van der Waals surface area (Å²) in [7, 11) is 1.68. The number of nitrogens with one attached hydrogen (secondary N) is 1. The Kier molecular flexibility index (Phi) is 3.15. The van der Waals surface area contributed by atoms with E-state index in [9.17, 15) is 0 Å². The van der Waals surface area contributed by atoms with Crippen LogP contribution in [0.3, 0.4) is 0 Å². The zero-order chi connectivity index (χ0) is 12.4. The predicted molar refractivity (Wildman–Crippen MR) is 67.9 cm³/mol. The molecule has 0 aliphatic rings. The van der Waals surface area contributed by atoms with Crippen LogP contribution in [0.25, 0.3) is 11.3 Å². The highest BCUT2D eigenvalue weighted by Gasteiger charge is 2.12. The van der Waals surface area contributed by atoms with E-state index in [0.29, 0.717) is 6.54 Å². The van der Waals surface area contributed by atoms with E-state index in [4.69, 9.17) is 10.5 Å². The van der Waals surface area contributed by atoms with Gasteiger partial charge >= 0.3 is 0 Å². The Hall–Kier alpha value is -1.81. The van der Waals surface area contributed by atoms with Crippen LogP contribution < -0.4 is 10.5 Å². The molecule has 1 aromatic heterocycles. The zero-order valence-corrected chi connectivity index (χ0v) is 10.4. The number of methoxy groups -OCH3 is 1. The van der Waals surface area contributed by atoms with Crippen LogP contribution in [0.2, 0.25) is 0 Å². The quantitative estimate of drug-likeness (QED) is 0.850. The van der Waals surface area contributed by atoms with Gasteiger partial charge in [0.15, 0.2) is 0 Å². The number of hydrogen-bond acceptors (Lipinski definition) is 3. The molecule has 0 aliphatic carbocycles. The number of aromatic amines is 1. The molecule has 0 atom stereocenters. The Morgan fingerprint density at radius 1 is 1.29 bits per heavy atom. The predicted octanol–water partition coefficient (Wildman–Crippen LogP) is 2.16. The van der Waals surface area contributed by atoms with Gasteiger partial charge in [-0.05, 0) is 37.1 Å². The highest BCUT2D eigenvalue weighted by Crippen LogP contribution is 2.31. The monoisotopic (exact) mass is 231 g/mol. The highest BCUT2D eigenvalue weighted by molar-refractivity contribution is 5.69. The number of nitrogens with two attached hydrogens (primary N) is 1. The van der Waals surface area contributed by atoms with Crippen molar-refractivity contribution < 1.29 is 4.74 Å². The minimum absolute atomic E-state index is 0.482. The molecule has 2 aromatic rings.